The maximum Gasteiger partial charge on any atom is 0.433 e. The van der Waals surface area contributed by atoms with Gasteiger partial charge in [0.05, 0.1) is 6.61 Å². The number of alkyl halides is 3. The topological polar surface area (TPSA) is 87.4 Å². The van der Waals surface area contributed by atoms with Crippen LogP contribution in [0.1, 0.15) is 40.4 Å². The number of H-pyrrole nitrogens is 1. The number of methoxy groups -OCH3 is 1. The summed E-state index contributed by atoms with van der Waals surface area (Å²) in [7, 11) is 1.48. The summed E-state index contributed by atoms with van der Waals surface area (Å²) >= 11 is 0. The first-order valence-corrected chi connectivity index (χ1v) is 10.7. The molecule has 1 fully saturated rings. The highest BCUT2D eigenvalue weighted by molar-refractivity contribution is 5.67. The lowest BCUT2D eigenvalue weighted by molar-refractivity contribution is -0.140. The number of benzene rings is 2. The summed E-state index contributed by atoms with van der Waals surface area (Å²) < 4.78 is 46.1. The van der Waals surface area contributed by atoms with Crippen LogP contribution >= 0.6 is 0 Å². The number of nitrogens with two attached hydrogens (primary N) is 1. The van der Waals surface area contributed by atoms with Gasteiger partial charge in [0.1, 0.15) is 23.4 Å². The number of nitrogens with zero attached hydrogens (tertiary/aromatic N) is 2. The third-order valence-corrected chi connectivity index (χ3v) is 6.06. The van der Waals surface area contributed by atoms with Crippen molar-refractivity contribution in [1.29, 1.82) is 0 Å². The molecule has 4 rings (SSSR count). The van der Waals surface area contributed by atoms with E-state index in [9.17, 15) is 18.3 Å². The number of halogens is 3. The van der Waals surface area contributed by atoms with Crippen LogP contribution in [0.2, 0.25) is 0 Å². The lowest BCUT2D eigenvalue weighted by Crippen LogP contribution is -2.46. The fourth-order valence-electron chi connectivity index (χ4n) is 4.10. The number of aromatic amines is 1. The van der Waals surface area contributed by atoms with Crippen LogP contribution in [0.25, 0.3) is 11.3 Å². The fraction of sp³-hybridized carbons (Fsp3) is 0.375. The van der Waals surface area contributed by atoms with Gasteiger partial charge in [-0.1, -0.05) is 24.3 Å². The number of aromatic nitrogens is 2. The van der Waals surface area contributed by atoms with Gasteiger partial charge in [0, 0.05) is 43.8 Å². The van der Waals surface area contributed by atoms with E-state index in [0.717, 1.165) is 5.56 Å². The number of hydrogen-bond acceptors (Lipinski definition) is 5. The molecule has 6 nitrogen and oxygen atoms in total. The van der Waals surface area contributed by atoms with Gasteiger partial charge in [-0.3, -0.25) is 4.90 Å². The van der Waals surface area contributed by atoms with Gasteiger partial charge < -0.3 is 20.6 Å². The predicted molar refractivity (Wildman–Crippen MR) is 119 cm³/mol. The van der Waals surface area contributed by atoms with Gasteiger partial charge in [0.25, 0.3) is 0 Å². The minimum Gasteiger partial charge on any atom is -0.399 e. The zero-order valence-electron chi connectivity index (χ0n) is 18.5. The third-order valence-electron chi connectivity index (χ3n) is 6.06. The first-order valence-electron chi connectivity index (χ1n) is 10.7. The lowest BCUT2D eigenvalue weighted by atomic mass is 9.90. The molecular formula is C24H27F3N4O2. The number of ether oxygens (including phenoxy) is 1. The van der Waals surface area contributed by atoms with Crippen molar-refractivity contribution in [3.63, 3.8) is 0 Å². The molecule has 1 aliphatic rings. The minimum atomic E-state index is -4.58. The van der Waals surface area contributed by atoms with Gasteiger partial charge >= 0.3 is 6.18 Å². The number of aliphatic hydroxyl groups excluding tert-OH is 1. The minimum absolute atomic E-state index is 0.163. The maximum absolute atomic E-state index is 13.7. The van der Waals surface area contributed by atoms with E-state index < -0.39 is 18.1 Å². The average molecular weight is 461 g/mol. The smallest absolute Gasteiger partial charge is 0.399 e. The van der Waals surface area contributed by atoms with Crippen molar-refractivity contribution in [1.82, 2.24) is 14.9 Å². The van der Waals surface area contributed by atoms with Crippen LogP contribution in [0.3, 0.4) is 0 Å². The van der Waals surface area contributed by atoms with E-state index in [4.69, 9.17) is 10.5 Å². The fourth-order valence-corrected chi connectivity index (χ4v) is 4.10. The first kappa shape index (κ1) is 23.3. The van der Waals surface area contributed by atoms with Gasteiger partial charge in [0.2, 0.25) is 0 Å². The van der Waals surface area contributed by atoms with E-state index in [1.54, 1.807) is 25.1 Å². The Kier molecular flexibility index (Phi) is 6.47. The number of aliphatic hydroxyl groups is 1. The zero-order chi connectivity index (χ0) is 23.8. The van der Waals surface area contributed by atoms with Gasteiger partial charge in [-0.15, -0.1) is 0 Å². The molecule has 1 atom stereocenters. The molecule has 0 amide bonds. The van der Waals surface area contributed by atoms with E-state index in [-0.39, 0.29) is 30.5 Å². The van der Waals surface area contributed by atoms with Crippen LogP contribution in [0.15, 0.2) is 42.5 Å². The summed E-state index contributed by atoms with van der Waals surface area (Å²) in [5, 5.41) is 10.9. The number of aryl methyl sites for hydroxylation is 1. The molecule has 2 heterocycles. The van der Waals surface area contributed by atoms with Crippen LogP contribution < -0.4 is 5.73 Å². The summed E-state index contributed by atoms with van der Waals surface area (Å²) in [6, 6.07) is 12.7. The van der Waals surface area contributed by atoms with Crippen molar-refractivity contribution in [3.8, 4) is 11.3 Å². The largest absolute Gasteiger partial charge is 0.433 e. The van der Waals surface area contributed by atoms with Crippen molar-refractivity contribution < 1.29 is 23.0 Å². The Balaban J connectivity index is 1.57. The van der Waals surface area contributed by atoms with Crippen molar-refractivity contribution in [2.45, 2.75) is 31.7 Å². The molecule has 0 radical (unpaired) electrons. The molecule has 1 aromatic heterocycles. The number of nitrogens with one attached hydrogen (secondary N) is 1. The molecule has 33 heavy (non-hydrogen) atoms. The van der Waals surface area contributed by atoms with Crippen LogP contribution in [0.5, 0.6) is 0 Å². The molecule has 0 saturated carbocycles. The summed E-state index contributed by atoms with van der Waals surface area (Å²) in [5.74, 6) is 0.482. The van der Waals surface area contributed by atoms with Crippen molar-refractivity contribution in [3.05, 3.63) is 70.7 Å². The van der Waals surface area contributed by atoms with Gasteiger partial charge in [-0.25, -0.2) is 4.98 Å². The summed E-state index contributed by atoms with van der Waals surface area (Å²) in [5.41, 5.74) is 8.04. The van der Waals surface area contributed by atoms with Gasteiger partial charge in [-0.2, -0.15) is 13.2 Å². The maximum atomic E-state index is 13.7. The highest BCUT2D eigenvalue weighted by Gasteiger charge is 2.38. The molecule has 9 heteroatoms. The second-order valence-corrected chi connectivity index (χ2v) is 8.41. The Morgan fingerprint density at radius 3 is 2.55 bits per heavy atom. The second-order valence-electron chi connectivity index (χ2n) is 8.41. The number of rotatable bonds is 7. The molecular weight excluding hydrogens is 433 g/mol. The summed E-state index contributed by atoms with van der Waals surface area (Å²) in [6.45, 7) is 3.28. The molecule has 0 bridgehead atoms. The Morgan fingerprint density at radius 2 is 1.91 bits per heavy atom. The number of nitrogen functional groups attached to an aromatic ring is 1. The monoisotopic (exact) mass is 460 g/mol. The number of anilines is 1. The molecule has 176 valence electrons. The highest BCUT2D eigenvalue weighted by atomic mass is 19.4. The van der Waals surface area contributed by atoms with Gasteiger partial charge in [0.15, 0.2) is 0 Å². The van der Waals surface area contributed by atoms with Crippen molar-refractivity contribution in [2.75, 3.05) is 32.5 Å². The molecule has 1 aliphatic heterocycles. The van der Waals surface area contributed by atoms with Crippen LogP contribution in [0.4, 0.5) is 18.9 Å². The van der Waals surface area contributed by atoms with E-state index in [1.807, 2.05) is 29.2 Å². The van der Waals surface area contributed by atoms with Crippen LogP contribution in [0, 0.1) is 6.92 Å². The zero-order valence-corrected chi connectivity index (χ0v) is 18.5. The molecule has 2 aromatic carbocycles. The van der Waals surface area contributed by atoms with E-state index in [1.165, 1.54) is 7.11 Å². The first-order chi connectivity index (χ1) is 15.7. The van der Waals surface area contributed by atoms with Crippen molar-refractivity contribution >= 4 is 5.69 Å². The Bertz CT molecular complexity index is 1110. The number of likely N-dealkylation sites (tertiary alicyclic amines) is 1. The van der Waals surface area contributed by atoms with Crippen LogP contribution in [-0.2, 0) is 17.3 Å². The molecule has 1 unspecified atom stereocenters. The number of hydrogen-bond donors (Lipinski definition) is 3. The van der Waals surface area contributed by atoms with E-state index in [0.29, 0.717) is 35.5 Å². The Labute approximate surface area is 190 Å². The molecule has 3 aromatic rings. The molecule has 0 aliphatic carbocycles. The standard InChI is InChI=1S/C24H27F3N4O2/c1-14-3-4-16(23(32)31-12-17(13-31)15-5-7-18(28)8-6-15)11-19(14)21-22(24(25,26)27)30-20(29-21)9-10-33-2/h3-8,11,17,23,32H,9-10,12-13,28H2,1-2H3,(H,29,30). The Morgan fingerprint density at radius 1 is 1.21 bits per heavy atom. The number of imidazole rings is 1. The normalized spacial score (nSPS) is 16.1. The second kappa shape index (κ2) is 9.17. The SMILES string of the molecule is COCCc1nc(-c2cc(C(O)N3CC(c4ccc(N)cc4)C3)ccc2C)c(C(F)(F)F)[nH]1. The lowest BCUT2D eigenvalue weighted by Gasteiger charge is -2.42. The quantitative estimate of drug-likeness (QED) is 0.459. The Hall–Kier alpha value is -2.88. The van der Waals surface area contributed by atoms with Gasteiger partial charge in [-0.05, 0) is 41.8 Å². The van der Waals surface area contributed by atoms with Crippen LogP contribution in [-0.4, -0.2) is 46.8 Å². The summed E-state index contributed by atoms with van der Waals surface area (Å²) in [4.78, 5) is 8.51. The van der Waals surface area contributed by atoms with E-state index >= 15 is 0 Å². The predicted octanol–water partition coefficient (Wildman–Crippen LogP) is 4.27. The highest BCUT2D eigenvalue weighted by Crippen LogP contribution is 2.39. The summed E-state index contributed by atoms with van der Waals surface area (Å²) in [6.07, 6.45) is -5.27. The van der Waals surface area contributed by atoms with E-state index in [2.05, 4.69) is 9.97 Å². The average Bonchev–Trinajstić information content (AvgIpc) is 3.17. The van der Waals surface area contributed by atoms with Crippen molar-refractivity contribution in [2.24, 2.45) is 0 Å². The third kappa shape index (κ3) is 4.90. The molecule has 4 N–H and O–H groups in total. The molecule has 0 spiro atoms. The molecule has 1 saturated heterocycles.